The summed E-state index contributed by atoms with van der Waals surface area (Å²) in [5, 5.41) is 7.65. The average molecular weight is 525 g/mol. The third-order valence-corrected chi connectivity index (χ3v) is 6.91. The van der Waals surface area contributed by atoms with E-state index in [4.69, 9.17) is 9.47 Å². The minimum Gasteiger partial charge on any atom is -0.444 e. The second kappa shape index (κ2) is 11.0. The fraction of sp³-hybridized carbons (Fsp3) is 0.500. The van der Waals surface area contributed by atoms with Crippen molar-refractivity contribution in [1.29, 1.82) is 0 Å². The number of likely N-dealkylation sites (N-methyl/N-ethyl adjacent to an activating group) is 1. The van der Waals surface area contributed by atoms with Gasteiger partial charge in [0, 0.05) is 24.5 Å². The van der Waals surface area contributed by atoms with Gasteiger partial charge in [0.1, 0.15) is 30.0 Å². The molecule has 0 aromatic heterocycles. The first-order valence-corrected chi connectivity index (χ1v) is 12.9. The number of hydrogen-bond acceptors (Lipinski definition) is 6. The molecule has 38 heavy (non-hydrogen) atoms. The molecular weight excluding hydrogens is 488 g/mol. The van der Waals surface area contributed by atoms with Gasteiger partial charge in [0.05, 0.1) is 6.61 Å². The van der Waals surface area contributed by atoms with Crippen molar-refractivity contribution in [2.24, 2.45) is 0 Å². The fourth-order valence-corrected chi connectivity index (χ4v) is 4.77. The SMILES string of the molecule is CC(C(=O)NC1CCOC2CCC(C(=O)Nc3cccc4ccccc34)N2C1=O)N(C)C(=O)OC(C)(C)C. The summed E-state index contributed by atoms with van der Waals surface area (Å²) in [6.45, 7) is 7.05. The van der Waals surface area contributed by atoms with Gasteiger partial charge in [-0.25, -0.2) is 4.79 Å². The van der Waals surface area contributed by atoms with Crippen molar-refractivity contribution < 1.29 is 28.7 Å². The zero-order valence-corrected chi connectivity index (χ0v) is 22.5. The largest absolute Gasteiger partial charge is 0.444 e. The molecule has 2 fully saturated rings. The number of ether oxygens (including phenoxy) is 2. The lowest BCUT2D eigenvalue weighted by Crippen LogP contribution is -2.56. The van der Waals surface area contributed by atoms with Crippen LogP contribution in [0.2, 0.25) is 0 Å². The van der Waals surface area contributed by atoms with Crippen LogP contribution < -0.4 is 10.6 Å². The Morgan fingerprint density at radius 1 is 1.08 bits per heavy atom. The number of rotatable bonds is 5. The maximum atomic E-state index is 13.6. The maximum Gasteiger partial charge on any atom is 0.410 e. The lowest BCUT2D eigenvalue weighted by Gasteiger charge is -2.31. The van der Waals surface area contributed by atoms with Gasteiger partial charge in [-0.2, -0.15) is 0 Å². The lowest BCUT2D eigenvalue weighted by molar-refractivity contribution is -0.147. The molecule has 0 radical (unpaired) electrons. The van der Waals surface area contributed by atoms with Crippen molar-refractivity contribution >= 4 is 40.3 Å². The Balaban J connectivity index is 1.45. The molecular formula is C28H36N4O6. The Hall–Kier alpha value is -3.66. The molecule has 204 valence electrons. The Bertz CT molecular complexity index is 1220. The van der Waals surface area contributed by atoms with E-state index in [1.165, 1.54) is 16.8 Å². The second-order valence-electron chi connectivity index (χ2n) is 10.8. The predicted molar refractivity (Wildman–Crippen MR) is 142 cm³/mol. The van der Waals surface area contributed by atoms with Gasteiger partial charge in [-0.05, 0) is 52.0 Å². The summed E-state index contributed by atoms with van der Waals surface area (Å²) in [6.07, 6.45) is 0.0662. The number of carbonyl (C=O) groups excluding carboxylic acids is 4. The van der Waals surface area contributed by atoms with Gasteiger partial charge in [-0.1, -0.05) is 36.4 Å². The highest BCUT2D eigenvalue weighted by Crippen LogP contribution is 2.31. The second-order valence-corrected chi connectivity index (χ2v) is 10.8. The van der Waals surface area contributed by atoms with E-state index >= 15 is 0 Å². The van der Waals surface area contributed by atoms with E-state index in [1.54, 1.807) is 27.7 Å². The van der Waals surface area contributed by atoms with Crippen molar-refractivity contribution in [1.82, 2.24) is 15.1 Å². The number of nitrogens with zero attached hydrogens (tertiary/aromatic N) is 2. The van der Waals surface area contributed by atoms with Crippen LogP contribution in [-0.2, 0) is 23.9 Å². The van der Waals surface area contributed by atoms with Gasteiger partial charge in [-0.15, -0.1) is 0 Å². The van der Waals surface area contributed by atoms with Crippen LogP contribution in [-0.4, -0.2) is 77.2 Å². The highest BCUT2D eigenvalue weighted by Gasteiger charge is 2.46. The first kappa shape index (κ1) is 27.4. The van der Waals surface area contributed by atoms with Crippen LogP contribution in [0.3, 0.4) is 0 Å². The summed E-state index contributed by atoms with van der Waals surface area (Å²) in [6, 6.07) is 10.9. The molecule has 0 spiro atoms. The number of hydrogen-bond donors (Lipinski definition) is 2. The Kier molecular flexibility index (Phi) is 7.91. The molecule has 10 nitrogen and oxygen atoms in total. The maximum absolute atomic E-state index is 13.6. The van der Waals surface area contributed by atoms with Crippen molar-refractivity contribution in [3.8, 4) is 0 Å². The van der Waals surface area contributed by atoms with E-state index in [9.17, 15) is 19.2 Å². The smallest absolute Gasteiger partial charge is 0.410 e. The molecule has 4 atom stereocenters. The third kappa shape index (κ3) is 5.91. The Labute approximate surface area is 222 Å². The van der Waals surface area contributed by atoms with E-state index in [2.05, 4.69) is 10.6 Å². The fourth-order valence-electron chi connectivity index (χ4n) is 4.77. The van der Waals surface area contributed by atoms with E-state index in [0.29, 0.717) is 18.5 Å². The molecule has 4 unspecified atom stereocenters. The minimum absolute atomic E-state index is 0.256. The first-order valence-electron chi connectivity index (χ1n) is 12.9. The van der Waals surface area contributed by atoms with Crippen LogP contribution in [0, 0.1) is 0 Å². The number of nitrogens with one attached hydrogen (secondary N) is 2. The molecule has 0 saturated carbocycles. The van der Waals surface area contributed by atoms with Gasteiger partial charge in [-0.3, -0.25) is 19.3 Å². The molecule has 2 aromatic rings. The van der Waals surface area contributed by atoms with Crippen LogP contribution in [0.5, 0.6) is 0 Å². The van der Waals surface area contributed by atoms with Crippen molar-refractivity contribution in [2.75, 3.05) is 19.0 Å². The minimum atomic E-state index is -0.882. The summed E-state index contributed by atoms with van der Waals surface area (Å²) in [4.78, 5) is 55.0. The highest BCUT2D eigenvalue weighted by atomic mass is 16.6. The number of anilines is 1. The zero-order valence-electron chi connectivity index (χ0n) is 22.5. The van der Waals surface area contributed by atoms with Crippen LogP contribution in [0.1, 0.15) is 47.0 Å². The van der Waals surface area contributed by atoms with Crippen molar-refractivity contribution in [3.05, 3.63) is 42.5 Å². The Morgan fingerprint density at radius 3 is 2.53 bits per heavy atom. The molecule has 2 heterocycles. The molecule has 2 aliphatic rings. The van der Waals surface area contributed by atoms with E-state index in [1.807, 2.05) is 42.5 Å². The molecule has 0 bridgehead atoms. The topological polar surface area (TPSA) is 117 Å². The van der Waals surface area contributed by atoms with E-state index < -0.39 is 42.0 Å². The molecule has 4 amide bonds. The summed E-state index contributed by atoms with van der Waals surface area (Å²) in [5.41, 5.74) is -0.0358. The molecule has 2 aliphatic heterocycles. The zero-order chi connectivity index (χ0) is 27.6. The van der Waals surface area contributed by atoms with Gasteiger partial charge in [0.15, 0.2) is 0 Å². The predicted octanol–water partition coefficient (Wildman–Crippen LogP) is 3.26. The van der Waals surface area contributed by atoms with E-state index in [-0.39, 0.29) is 24.8 Å². The Morgan fingerprint density at radius 2 is 1.79 bits per heavy atom. The first-order chi connectivity index (χ1) is 18.0. The van der Waals surface area contributed by atoms with Crippen LogP contribution in [0.25, 0.3) is 10.8 Å². The quantitative estimate of drug-likeness (QED) is 0.620. The van der Waals surface area contributed by atoms with Gasteiger partial charge >= 0.3 is 6.09 Å². The summed E-state index contributed by atoms with van der Waals surface area (Å²) in [5.74, 6) is -1.17. The van der Waals surface area contributed by atoms with Crippen LogP contribution in [0.15, 0.2) is 42.5 Å². The molecule has 2 N–H and O–H groups in total. The van der Waals surface area contributed by atoms with Crippen molar-refractivity contribution in [3.63, 3.8) is 0 Å². The molecule has 0 aliphatic carbocycles. The highest BCUT2D eigenvalue weighted by molar-refractivity contribution is 6.05. The molecule has 2 aromatic carbocycles. The standard InChI is InChI=1S/C28H36N4O6/c1-17(31(5)27(36)38-28(2,3)4)24(33)30-21-15-16-37-23-14-13-22(32(23)26(21)35)25(34)29-20-12-8-10-18-9-6-7-11-19(18)20/h6-12,17,21-23H,13-16H2,1-5H3,(H,29,34)(H,30,33). The molecule has 10 heteroatoms. The normalized spacial score (nSPS) is 22.3. The summed E-state index contributed by atoms with van der Waals surface area (Å²) >= 11 is 0. The van der Waals surface area contributed by atoms with Gasteiger partial charge < -0.3 is 25.0 Å². The third-order valence-electron chi connectivity index (χ3n) is 6.91. The lowest BCUT2D eigenvalue weighted by atomic mass is 10.1. The summed E-state index contributed by atoms with van der Waals surface area (Å²) < 4.78 is 11.2. The van der Waals surface area contributed by atoms with Crippen LogP contribution >= 0.6 is 0 Å². The van der Waals surface area contributed by atoms with Crippen molar-refractivity contribution in [2.45, 2.75) is 76.9 Å². The summed E-state index contributed by atoms with van der Waals surface area (Å²) in [7, 11) is 1.47. The van der Waals surface area contributed by atoms with Gasteiger partial charge in [0.2, 0.25) is 17.7 Å². The molecule has 2 saturated heterocycles. The van der Waals surface area contributed by atoms with Gasteiger partial charge in [0.25, 0.3) is 0 Å². The number of carbonyl (C=O) groups is 4. The number of amides is 4. The molecule has 4 rings (SSSR count). The van der Waals surface area contributed by atoms with E-state index in [0.717, 1.165) is 10.8 Å². The number of fused-ring (bicyclic) bond motifs is 2. The number of benzene rings is 2. The van der Waals surface area contributed by atoms with Crippen LogP contribution in [0.4, 0.5) is 10.5 Å². The average Bonchev–Trinajstić information content (AvgIpc) is 3.23. The monoisotopic (exact) mass is 524 g/mol.